The Morgan fingerprint density at radius 2 is 1.77 bits per heavy atom. The Labute approximate surface area is 181 Å². The lowest BCUT2D eigenvalue weighted by Crippen LogP contribution is -2.47. The van der Waals surface area contributed by atoms with Crippen LogP contribution in [0.25, 0.3) is 0 Å². The Morgan fingerprint density at radius 1 is 1.06 bits per heavy atom. The number of amides is 1. The molecule has 0 saturated carbocycles. The van der Waals surface area contributed by atoms with Crippen LogP contribution in [0.15, 0.2) is 65.7 Å². The second-order valence-corrected chi connectivity index (χ2v) is 8.24. The van der Waals surface area contributed by atoms with Crippen molar-refractivity contribution in [3.05, 3.63) is 76.9 Å². The number of Topliss-reactive ketones (excluding diaryl/α,β-unsaturated/α-hetero) is 1. The van der Waals surface area contributed by atoms with Crippen molar-refractivity contribution in [3.63, 3.8) is 0 Å². The van der Waals surface area contributed by atoms with Crippen LogP contribution < -0.4 is 5.32 Å². The molecular weight excluding hydrogens is 392 g/mol. The number of benzene rings is 2. The molecule has 2 aromatic carbocycles. The van der Waals surface area contributed by atoms with Gasteiger partial charge in [-0.25, -0.2) is 4.79 Å². The van der Waals surface area contributed by atoms with Gasteiger partial charge >= 0.3 is 5.97 Å². The minimum atomic E-state index is -0.892. The summed E-state index contributed by atoms with van der Waals surface area (Å²) in [6.45, 7) is 5.41. The van der Waals surface area contributed by atoms with Gasteiger partial charge in [0.1, 0.15) is 5.60 Å². The van der Waals surface area contributed by atoms with Crippen molar-refractivity contribution >= 4 is 23.3 Å². The normalized spacial score (nSPS) is 18.2. The van der Waals surface area contributed by atoms with E-state index in [-0.39, 0.29) is 11.7 Å². The van der Waals surface area contributed by atoms with Crippen LogP contribution in [0.1, 0.15) is 42.6 Å². The molecule has 0 aliphatic carbocycles. The number of rotatable bonds is 5. The first-order chi connectivity index (χ1) is 14.9. The van der Waals surface area contributed by atoms with Gasteiger partial charge in [-0.3, -0.25) is 14.5 Å². The summed E-state index contributed by atoms with van der Waals surface area (Å²) >= 11 is 0. The summed E-state index contributed by atoms with van der Waals surface area (Å²) in [5, 5.41) is 2.86. The SMILES string of the molecule is CC(=O)c1cccc(NC(=O)C2=C(C)C(=O)OC23CCN(Cc2ccccc2)CC3)c1. The zero-order chi connectivity index (χ0) is 22.0. The van der Waals surface area contributed by atoms with E-state index in [2.05, 4.69) is 22.3 Å². The zero-order valence-electron chi connectivity index (χ0n) is 17.8. The van der Waals surface area contributed by atoms with Crippen LogP contribution in [-0.4, -0.2) is 41.3 Å². The van der Waals surface area contributed by atoms with Crippen molar-refractivity contribution in [1.29, 1.82) is 0 Å². The third-order valence-corrected chi connectivity index (χ3v) is 6.09. The van der Waals surface area contributed by atoms with E-state index in [1.165, 1.54) is 12.5 Å². The van der Waals surface area contributed by atoms with Crippen LogP contribution in [0.3, 0.4) is 0 Å². The van der Waals surface area contributed by atoms with Crippen molar-refractivity contribution in [2.75, 3.05) is 18.4 Å². The maximum absolute atomic E-state index is 13.2. The van der Waals surface area contributed by atoms with Gasteiger partial charge in [0.25, 0.3) is 5.91 Å². The van der Waals surface area contributed by atoms with Crippen molar-refractivity contribution in [1.82, 2.24) is 4.90 Å². The van der Waals surface area contributed by atoms with E-state index in [4.69, 9.17) is 4.74 Å². The molecule has 2 aliphatic rings. The zero-order valence-corrected chi connectivity index (χ0v) is 17.8. The van der Waals surface area contributed by atoms with Crippen LogP contribution in [0, 0.1) is 0 Å². The fourth-order valence-electron chi connectivity index (χ4n) is 4.40. The van der Waals surface area contributed by atoms with Gasteiger partial charge in [-0.1, -0.05) is 42.5 Å². The predicted octanol–water partition coefficient (Wildman–Crippen LogP) is 3.74. The fourth-order valence-corrected chi connectivity index (χ4v) is 4.40. The first-order valence-corrected chi connectivity index (χ1v) is 10.5. The third-order valence-electron chi connectivity index (χ3n) is 6.09. The Hall–Kier alpha value is -3.25. The number of carbonyl (C=O) groups is 3. The molecule has 6 nitrogen and oxygen atoms in total. The van der Waals surface area contributed by atoms with Gasteiger partial charge in [0.05, 0.1) is 5.57 Å². The van der Waals surface area contributed by atoms with Gasteiger partial charge in [-0.2, -0.15) is 0 Å². The maximum Gasteiger partial charge on any atom is 0.335 e. The Morgan fingerprint density at radius 3 is 2.45 bits per heavy atom. The molecule has 160 valence electrons. The number of hydrogen-bond acceptors (Lipinski definition) is 5. The molecule has 4 rings (SSSR count). The van der Waals surface area contributed by atoms with E-state index in [9.17, 15) is 14.4 Å². The van der Waals surface area contributed by atoms with Crippen molar-refractivity contribution < 1.29 is 19.1 Å². The van der Waals surface area contributed by atoms with E-state index in [1.807, 2.05) is 18.2 Å². The number of hydrogen-bond donors (Lipinski definition) is 1. The van der Waals surface area contributed by atoms with Gasteiger partial charge in [0, 0.05) is 49.3 Å². The molecule has 2 aliphatic heterocycles. The molecule has 31 heavy (non-hydrogen) atoms. The molecule has 2 heterocycles. The summed E-state index contributed by atoms with van der Waals surface area (Å²) in [7, 11) is 0. The van der Waals surface area contributed by atoms with E-state index < -0.39 is 11.6 Å². The Kier molecular flexibility index (Phi) is 5.74. The highest BCUT2D eigenvalue weighted by Crippen LogP contribution is 2.41. The van der Waals surface area contributed by atoms with Crippen LogP contribution in [0.2, 0.25) is 0 Å². The number of nitrogens with one attached hydrogen (secondary N) is 1. The molecule has 1 amide bonds. The molecule has 0 aromatic heterocycles. The number of anilines is 1. The molecular formula is C25H26N2O4. The number of ether oxygens (including phenoxy) is 1. The number of nitrogens with zero attached hydrogens (tertiary/aromatic N) is 1. The van der Waals surface area contributed by atoms with Gasteiger partial charge in [0.2, 0.25) is 0 Å². The highest BCUT2D eigenvalue weighted by molar-refractivity contribution is 6.12. The first-order valence-electron chi connectivity index (χ1n) is 10.5. The minimum absolute atomic E-state index is 0.0758. The number of piperidine rings is 1. The molecule has 0 bridgehead atoms. The molecule has 0 unspecified atom stereocenters. The smallest absolute Gasteiger partial charge is 0.335 e. The van der Waals surface area contributed by atoms with Crippen LogP contribution in [0.4, 0.5) is 5.69 Å². The Balaban J connectivity index is 1.50. The van der Waals surface area contributed by atoms with Crippen molar-refractivity contribution in [3.8, 4) is 0 Å². The summed E-state index contributed by atoms with van der Waals surface area (Å²) in [5.41, 5.74) is 2.15. The van der Waals surface area contributed by atoms with Crippen molar-refractivity contribution in [2.45, 2.75) is 38.8 Å². The summed E-state index contributed by atoms with van der Waals surface area (Å²) < 4.78 is 5.78. The van der Waals surface area contributed by atoms with Gasteiger partial charge in [-0.05, 0) is 31.5 Å². The number of likely N-dealkylation sites (tertiary alicyclic amines) is 1. The lowest BCUT2D eigenvalue weighted by atomic mass is 9.82. The lowest BCUT2D eigenvalue weighted by molar-refractivity contribution is -0.150. The standard InChI is InChI=1S/C25H26N2O4/c1-17-22(23(29)26-21-10-6-9-20(15-21)18(2)28)25(31-24(17)30)11-13-27(14-12-25)16-19-7-4-3-5-8-19/h3-10,15H,11-14,16H2,1-2H3,(H,26,29). The van der Waals surface area contributed by atoms with Crippen LogP contribution in [0.5, 0.6) is 0 Å². The van der Waals surface area contributed by atoms with Gasteiger partial charge in [0.15, 0.2) is 5.78 Å². The molecule has 6 heteroatoms. The van der Waals surface area contributed by atoms with Gasteiger partial charge < -0.3 is 10.1 Å². The summed E-state index contributed by atoms with van der Waals surface area (Å²) in [6.07, 6.45) is 1.14. The monoisotopic (exact) mass is 418 g/mol. The lowest BCUT2D eigenvalue weighted by Gasteiger charge is -2.39. The van der Waals surface area contributed by atoms with E-state index >= 15 is 0 Å². The predicted molar refractivity (Wildman–Crippen MR) is 118 cm³/mol. The number of carbonyl (C=O) groups excluding carboxylic acids is 3. The Bertz CT molecular complexity index is 1050. The third kappa shape index (κ3) is 4.30. The van der Waals surface area contributed by atoms with Gasteiger partial charge in [-0.15, -0.1) is 0 Å². The minimum Gasteiger partial charge on any atom is -0.450 e. The maximum atomic E-state index is 13.2. The largest absolute Gasteiger partial charge is 0.450 e. The molecule has 1 saturated heterocycles. The second-order valence-electron chi connectivity index (χ2n) is 8.24. The van der Waals surface area contributed by atoms with Crippen LogP contribution >= 0.6 is 0 Å². The first kappa shape index (κ1) is 21.0. The van der Waals surface area contributed by atoms with E-state index in [0.29, 0.717) is 35.2 Å². The average molecular weight is 418 g/mol. The topological polar surface area (TPSA) is 75.7 Å². The number of ketones is 1. The molecule has 0 atom stereocenters. The highest BCUT2D eigenvalue weighted by atomic mass is 16.6. The molecule has 1 fully saturated rings. The number of esters is 1. The summed E-state index contributed by atoms with van der Waals surface area (Å²) in [5.74, 6) is -0.854. The fraction of sp³-hybridized carbons (Fsp3) is 0.320. The van der Waals surface area contributed by atoms with E-state index in [1.54, 1.807) is 31.2 Å². The highest BCUT2D eigenvalue weighted by Gasteiger charge is 2.50. The quantitative estimate of drug-likeness (QED) is 0.591. The summed E-state index contributed by atoms with van der Waals surface area (Å²) in [6, 6.07) is 17.0. The molecule has 1 N–H and O–H groups in total. The molecule has 1 spiro atoms. The van der Waals surface area contributed by atoms with E-state index in [0.717, 1.165) is 19.6 Å². The molecule has 2 aromatic rings. The summed E-state index contributed by atoms with van der Waals surface area (Å²) in [4.78, 5) is 39.6. The molecule has 0 radical (unpaired) electrons. The second kappa shape index (κ2) is 8.47. The average Bonchev–Trinajstić information content (AvgIpc) is 3.00. The van der Waals surface area contributed by atoms with Crippen LogP contribution in [-0.2, 0) is 20.9 Å². The van der Waals surface area contributed by atoms with Crippen molar-refractivity contribution in [2.24, 2.45) is 0 Å².